The summed E-state index contributed by atoms with van der Waals surface area (Å²) in [4.78, 5) is 2.34. The predicted molar refractivity (Wildman–Crippen MR) is 108 cm³/mol. The highest BCUT2D eigenvalue weighted by molar-refractivity contribution is 6.33. The number of nitrogens with one attached hydrogen (secondary N) is 1. The van der Waals surface area contributed by atoms with Gasteiger partial charge in [0.2, 0.25) is 0 Å². The summed E-state index contributed by atoms with van der Waals surface area (Å²) in [6, 6.07) is 14.0. The molecular formula is C20H24Cl2N2O2. The maximum absolute atomic E-state index is 9.37. The first-order chi connectivity index (χ1) is 12.5. The summed E-state index contributed by atoms with van der Waals surface area (Å²) < 4.78 is 5.56. The molecule has 1 aliphatic rings. The van der Waals surface area contributed by atoms with Gasteiger partial charge in [-0.25, -0.2) is 0 Å². The zero-order valence-electron chi connectivity index (χ0n) is 14.8. The van der Waals surface area contributed by atoms with Crippen LogP contribution in [0, 0.1) is 0 Å². The fourth-order valence-electron chi connectivity index (χ4n) is 3.22. The second kappa shape index (κ2) is 8.96. The summed E-state index contributed by atoms with van der Waals surface area (Å²) in [6.07, 6.45) is 0.470. The SMILES string of the molecule is C[C@H](O)COc1ccc(N2CCNCC[C@H]2c2ccc(Cl)cc2)c(Cl)c1. The average molecular weight is 395 g/mol. The van der Waals surface area contributed by atoms with Gasteiger partial charge in [-0.15, -0.1) is 0 Å². The Bertz CT molecular complexity index is 722. The molecule has 26 heavy (non-hydrogen) atoms. The minimum atomic E-state index is -0.514. The van der Waals surface area contributed by atoms with Crippen LogP contribution in [0.2, 0.25) is 10.0 Å². The molecule has 4 nitrogen and oxygen atoms in total. The fraction of sp³-hybridized carbons (Fsp3) is 0.400. The summed E-state index contributed by atoms with van der Waals surface area (Å²) in [5, 5.41) is 14.2. The molecule has 2 aromatic carbocycles. The number of halogens is 2. The smallest absolute Gasteiger partial charge is 0.121 e. The van der Waals surface area contributed by atoms with Crippen LogP contribution in [0.1, 0.15) is 24.9 Å². The summed E-state index contributed by atoms with van der Waals surface area (Å²) >= 11 is 12.6. The number of benzene rings is 2. The molecular weight excluding hydrogens is 371 g/mol. The van der Waals surface area contributed by atoms with Crippen LogP contribution in [0.3, 0.4) is 0 Å². The molecule has 140 valence electrons. The van der Waals surface area contributed by atoms with Crippen LogP contribution in [0.5, 0.6) is 5.75 Å². The third-order valence-electron chi connectivity index (χ3n) is 4.47. The highest BCUT2D eigenvalue weighted by Crippen LogP contribution is 2.37. The number of hydrogen-bond donors (Lipinski definition) is 2. The number of aliphatic hydroxyl groups is 1. The molecule has 3 rings (SSSR count). The van der Waals surface area contributed by atoms with Crippen molar-refractivity contribution >= 4 is 28.9 Å². The number of anilines is 1. The van der Waals surface area contributed by atoms with Gasteiger partial charge in [-0.2, -0.15) is 0 Å². The monoisotopic (exact) mass is 394 g/mol. The van der Waals surface area contributed by atoms with E-state index in [1.807, 2.05) is 30.3 Å². The lowest BCUT2D eigenvalue weighted by Gasteiger charge is -2.33. The Labute approximate surface area is 164 Å². The molecule has 0 unspecified atom stereocenters. The highest BCUT2D eigenvalue weighted by Gasteiger charge is 2.24. The van der Waals surface area contributed by atoms with Crippen LogP contribution in [0.25, 0.3) is 0 Å². The van der Waals surface area contributed by atoms with Crippen LogP contribution >= 0.6 is 23.2 Å². The maximum Gasteiger partial charge on any atom is 0.121 e. The van der Waals surface area contributed by atoms with Crippen LogP contribution < -0.4 is 15.0 Å². The van der Waals surface area contributed by atoms with E-state index in [4.69, 9.17) is 27.9 Å². The van der Waals surface area contributed by atoms with E-state index in [-0.39, 0.29) is 12.6 Å². The van der Waals surface area contributed by atoms with E-state index >= 15 is 0 Å². The summed E-state index contributed by atoms with van der Waals surface area (Å²) in [5.41, 5.74) is 2.21. The maximum atomic E-state index is 9.37. The predicted octanol–water partition coefficient (Wildman–Crippen LogP) is 4.29. The van der Waals surface area contributed by atoms with Gasteiger partial charge >= 0.3 is 0 Å². The second-order valence-corrected chi connectivity index (χ2v) is 7.42. The Balaban J connectivity index is 1.87. The molecule has 2 atom stereocenters. The van der Waals surface area contributed by atoms with Crippen molar-refractivity contribution in [3.8, 4) is 5.75 Å². The number of nitrogens with zero attached hydrogens (tertiary/aromatic N) is 1. The van der Waals surface area contributed by atoms with Crippen molar-refractivity contribution in [1.29, 1.82) is 0 Å². The summed E-state index contributed by atoms with van der Waals surface area (Å²) in [7, 11) is 0. The molecule has 0 aromatic heterocycles. The standard InChI is InChI=1S/C20H24Cl2N2O2/c1-14(25)13-26-17-6-7-20(18(22)12-17)24-11-10-23-9-8-19(24)15-2-4-16(21)5-3-15/h2-7,12,14,19,23,25H,8-11,13H2,1H3/t14-,19-/m0/s1. The van der Waals surface area contributed by atoms with Gasteiger partial charge in [0.25, 0.3) is 0 Å². The molecule has 0 spiro atoms. The molecule has 0 radical (unpaired) electrons. The van der Waals surface area contributed by atoms with Gasteiger partial charge < -0.3 is 20.1 Å². The zero-order chi connectivity index (χ0) is 18.5. The number of ether oxygens (including phenoxy) is 1. The van der Waals surface area contributed by atoms with Gasteiger partial charge in [0, 0.05) is 24.2 Å². The zero-order valence-corrected chi connectivity index (χ0v) is 16.3. The van der Waals surface area contributed by atoms with E-state index < -0.39 is 6.10 Å². The summed E-state index contributed by atoms with van der Waals surface area (Å²) in [6.45, 7) is 4.66. The Morgan fingerprint density at radius 3 is 2.65 bits per heavy atom. The van der Waals surface area contributed by atoms with Crippen LogP contribution in [0.15, 0.2) is 42.5 Å². The lowest BCUT2D eigenvalue weighted by atomic mass is 10.0. The molecule has 0 amide bonds. The first kappa shape index (κ1) is 19.3. The van der Waals surface area contributed by atoms with Gasteiger partial charge in [0.1, 0.15) is 12.4 Å². The van der Waals surface area contributed by atoms with Crippen molar-refractivity contribution in [2.75, 3.05) is 31.1 Å². The first-order valence-electron chi connectivity index (χ1n) is 8.88. The largest absolute Gasteiger partial charge is 0.491 e. The molecule has 1 saturated heterocycles. The van der Waals surface area contributed by atoms with E-state index in [1.165, 1.54) is 5.56 Å². The van der Waals surface area contributed by atoms with E-state index in [9.17, 15) is 5.11 Å². The molecule has 0 aliphatic carbocycles. The van der Waals surface area contributed by atoms with Crippen molar-refractivity contribution in [2.24, 2.45) is 0 Å². The van der Waals surface area contributed by atoms with E-state index in [0.29, 0.717) is 10.8 Å². The van der Waals surface area contributed by atoms with Gasteiger partial charge in [-0.05, 0) is 49.7 Å². The van der Waals surface area contributed by atoms with Crippen molar-refractivity contribution in [2.45, 2.75) is 25.5 Å². The van der Waals surface area contributed by atoms with Gasteiger partial charge in [-0.1, -0.05) is 35.3 Å². The Morgan fingerprint density at radius 2 is 1.96 bits per heavy atom. The first-order valence-corrected chi connectivity index (χ1v) is 9.63. The second-order valence-electron chi connectivity index (χ2n) is 6.57. The van der Waals surface area contributed by atoms with Crippen LogP contribution in [-0.4, -0.2) is 37.5 Å². The molecule has 0 saturated carbocycles. The van der Waals surface area contributed by atoms with E-state index in [1.54, 1.807) is 6.92 Å². The minimum Gasteiger partial charge on any atom is -0.491 e. The molecule has 0 bridgehead atoms. The number of aliphatic hydroxyl groups excluding tert-OH is 1. The Hall–Kier alpha value is -1.46. The molecule has 2 aromatic rings. The quantitative estimate of drug-likeness (QED) is 0.793. The fourth-order valence-corrected chi connectivity index (χ4v) is 3.63. The van der Waals surface area contributed by atoms with Crippen molar-refractivity contribution in [3.63, 3.8) is 0 Å². The third-order valence-corrected chi connectivity index (χ3v) is 5.03. The lowest BCUT2D eigenvalue weighted by Crippen LogP contribution is -2.31. The van der Waals surface area contributed by atoms with Gasteiger partial charge in [0.05, 0.1) is 22.9 Å². The van der Waals surface area contributed by atoms with Crippen molar-refractivity contribution < 1.29 is 9.84 Å². The third kappa shape index (κ3) is 4.83. The topological polar surface area (TPSA) is 44.7 Å². The molecule has 6 heteroatoms. The normalized spacial score (nSPS) is 19.1. The molecule has 1 heterocycles. The lowest BCUT2D eigenvalue weighted by molar-refractivity contribution is 0.123. The number of hydrogen-bond acceptors (Lipinski definition) is 4. The summed E-state index contributed by atoms with van der Waals surface area (Å²) in [5.74, 6) is 0.663. The Morgan fingerprint density at radius 1 is 1.19 bits per heavy atom. The van der Waals surface area contributed by atoms with Gasteiger partial charge in [0.15, 0.2) is 0 Å². The average Bonchev–Trinajstić information content (AvgIpc) is 2.87. The molecule has 1 fully saturated rings. The minimum absolute atomic E-state index is 0.226. The highest BCUT2D eigenvalue weighted by atomic mass is 35.5. The molecule has 1 aliphatic heterocycles. The van der Waals surface area contributed by atoms with Crippen molar-refractivity contribution in [3.05, 3.63) is 58.1 Å². The molecule has 2 N–H and O–H groups in total. The number of rotatable bonds is 5. The van der Waals surface area contributed by atoms with Crippen molar-refractivity contribution in [1.82, 2.24) is 5.32 Å². The van der Waals surface area contributed by atoms with Gasteiger partial charge in [-0.3, -0.25) is 0 Å². The van der Waals surface area contributed by atoms with Crippen LogP contribution in [0.4, 0.5) is 5.69 Å². The van der Waals surface area contributed by atoms with E-state index in [0.717, 1.165) is 36.8 Å². The van der Waals surface area contributed by atoms with Crippen LogP contribution in [-0.2, 0) is 0 Å². The Kier molecular flexibility index (Phi) is 6.65. The van der Waals surface area contributed by atoms with E-state index in [2.05, 4.69) is 22.3 Å².